The molecule has 8 heteroatoms. The van der Waals surface area contributed by atoms with Crippen LogP contribution in [-0.2, 0) is 10.0 Å². The van der Waals surface area contributed by atoms with Gasteiger partial charge in [0.25, 0.3) is 5.91 Å². The molecule has 0 bridgehead atoms. The van der Waals surface area contributed by atoms with Crippen molar-refractivity contribution in [1.82, 2.24) is 4.72 Å². The fraction of sp³-hybridized carbons (Fsp3) is 0.235. The number of carbonyl (C=O) groups excluding carboxylic acids is 1. The Morgan fingerprint density at radius 2 is 1.88 bits per heavy atom. The van der Waals surface area contributed by atoms with E-state index in [9.17, 15) is 22.0 Å². The molecule has 25 heavy (non-hydrogen) atoms. The molecule has 0 radical (unpaired) electrons. The van der Waals surface area contributed by atoms with Gasteiger partial charge in [0.1, 0.15) is 11.6 Å². The van der Waals surface area contributed by atoms with Gasteiger partial charge in [-0.25, -0.2) is 21.9 Å². The second-order valence-electron chi connectivity index (χ2n) is 5.54. The lowest BCUT2D eigenvalue weighted by atomic mass is 10.2. The number of halogens is 2. The minimum Gasteiger partial charge on any atom is -0.319 e. The number of nitrogens with one attached hydrogen (secondary N) is 2. The van der Waals surface area contributed by atoms with Crippen LogP contribution in [0.3, 0.4) is 0 Å². The maximum atomic E-state index is 13.6. The second-order valence-corrected chi connectivity index (χ2v) is 7.25. The van der Waals surface area contributed by atoms with E-state index in [1.165, 1.54) is 24.3 Å². The fourth-order valence-electron chi connectivity index (χ4n) is 2.01. The predicted octanol–water partition coefficient (Wildman–Crippen LogP) is 3.29. The van der Waals surface area contributed by atoms with Gasteiger partial charge in [-0.2, -0.15) is 0 Å². The Morgan fingerprint density at radius 3 is 2.52 bits per heavy atom. The third-order valence-electron chi connectivity index (χ3n) is 3.55. The molecule has 0 aliphatic heterocycles. The van der Waals surface area contributed by atoms with Gasteiger partial charge in [-0.05, 0) is 43.7 Å². The van der Waals surface area contributed by atoms with Crippen molar-refractivity contribution in [2.75, 3.05) is 5.32 Å². The first-order chi connectivity index (χ1) is 11.7. The summed E-state index contributed by atoms with van der Waals surface area (Å²) in [5.41, 5.74) is -0.159. The predicted molar refractivity (Wildman–Crippen MR) is 90.8 cm³/mol. The number of benzene rings is 2. The maximum absolute atomic E-state index is 13.6. The van der Waals surface area contributed by atoms with E-state index in [1.807, 2.05) is 6.92 Å². The van der Waals surface area contributed by atoms with Crippen molar-refractivity contribution in [3.8, 4) is 0 Å². The molecule has 0 aliphatic rings. The summed E-state index contributed by atoms with van der Waals surface area (Å²) >= 11 is 0. The summed E-state index contributed by atoms with van der Waals surface area (Å²) in [6.45, 7) is 3.57. The number of hydrogen-bond acceptors (Lipinski definition) is 3. The molecule has 0 spiro atoms. The zero-order valence-electron chi connectivity index (χ0n) is 13.7. The number of hydrogen-bond donors (Lipinski definition) is 2. The molecule has 5 nitrogen and oxygen atoms in total. The van der Waals surface area contributed by atoms with Crippen molar-refractivity contribution in [2.24, 2.45) is 0 Å². The largest absolute Gasteiger partial charge is 0.319 e. The van der Waals surface area contributed by atoms with Gasteiger partial charge in [0, 0.05) is 17.7 Å². The Labute approximate surface area is 145 Å². The first kappa shape index (κ1) is 19.0. The van der Waals surface area contributed by atoms with Gasteiger partial charge < -0.3 is 5.32 Å². The van der Waals surface area contributed by atoms with Crippen LogP contribution in [0.5, 0.6) is 0 Å². The van der Waals surface area contributed by atoms with Gasteiger partial charge in [-0.1, -0.05) is 13.0 Å². The molecular formula is C17H18F2N2O3S. The Morgan fingerprint density at radius 1 is 1.16 bits per heavy atom. The van der Waals surface area contributed by atoms with E-state index in [0.29, 0.717) is 12.5 Å². The van der Waals surface area contributed by atoms with E-state index in [1.54, 1.807) is 6.92 Å². The van der Waals surface area contributed by atoms with E-state index in [4.69, 9.17) is 0 Å². The smallest absolute Gasteiger partial charge is 0.255 e. The fourth-order valence-corrected chi connectivity index (χ4v) is 3.38. The van der Waals surface area contributed by atoms with Crippen LogP contribution in [-0.4, -0.2) is 20.4 Å². The average molecular weight is 368 g/mol. The number of sulfonamides is 1. The van der Waals surface area contributed by atoms with Crippen LogP contribution in [0, 0.1) is 11.6 Å². The summed E-state index contributed by atoms with van der Waals surface area (Å²) in [4.78, 5) is 12.2. The van der Waals surface area contributed by atoms with Crippen molar-refractivity contribution >= 4 is 21.6 Å². The highest BCUT2D eigenvalue weighted by molar-refractivity contribution is 7.89. The highest BCUT2D eigenvalue weighted by atomic mass is 32.2. The van der Waals surface area contributed by atoms with Crippen molar-refractivity contribution in [3.63, 3.8) is 0 Å². The Hall–Kier alpha value is -2.32. The van der Waals surface area contributed by atoms with Crippen LogP contribution in [0.25, 0.3) is 0 Å². The van der Waals surface area contributed by atoms with Crippen molar-refractivity contribution in [3.05, 3.63) is 59.7 Å². The van der Waals surface area contributed by atoms with Gasteiger partial charge in [0.15, 0.2) is 0 Å². The molecule has 0 saturated heterocycles. The third-order valence-corrected chi connectivity index (χ3v) is 5.14. The minimum absolute atomic E-state index is 0.0377. The van der Waals surface area contributed by atoms with Crippen LogP contribution in [0.2, 0.25) is 0 Å². The summed E-state index contributed by atoms with van der Waals surface area (Å²) in [6.07, 6.45) is 0.614. The SMILES string of the molecule is CCC(C)NS(=O)(=O)c1cccc(C(=O)Nc2ccc(F)cc2F)c1. The lowest BCUT2D eigenvalue weighted by Crippen LogP contribution is -2.32. The van der Waals surface area contributed by atoms with E-state index in [-0.39, 0.29) is 22.2 Å². The maximum Gasteiger partial charge on any atom is 0.255 e. The van der Waals surface area contributed by atoms with Crippen LogP contribution in [0.15, 0.2) is 47.4 Å². The van der Waals surface area contributed by atoms with Crippen LogP contribution in [0.4, 0.5) is 14.5 Å². The molecule has 2 N–H and O–H groups in total. The first-order valence-electron chi connectivity index (χ1n) is 7.61. The van der Waals surface area contributed by atoms with Gasteiger partial charge >= 0.3 is 0 Å². The standard InChI is InChI=1S/C17H18F2N2O3S/c1-3-11(2)21-25(23,24)14-6-4-5-12(9-14)17(22)20-16-8-7-13(18)10-15(16)19/h4-11,21H,3H2,1-2H3,(H,20,22). The molecule has 1 atom stereocenters. The number of amides is 1. The quantitative estimate of drug-likeness (QED) is 0.822. The molecule has 0 heterocycles. The van der Waals surface area contributed by atoms with Crippen LogP contribution < -0.4 is 10.0 Å². The van der Waals surface area contributed by atoms with Crippen LogP contribution in [0.1, 0.15) is 30.6 Å². The minimum atomic E-state index is -3.77. The summed E-state index contributed by atoms with van der Waals surface area (Å²) in [7, 11) is -3.77. The Bertz CT molecular complexity index is 885. The third kappa shape index (κ3) is 4.83. The van der Waals surface area contributed by atoms with Crippen molar-refractivity contribution in [1.29, 1.82) is 0 Å². The molecule has 0 fully saturated rings. The van der Waals surface area contributed by atoms with Crippen molar-refractivity contribution < 1.29 is 22.0 Å². The van der Waals surface area contributed by atoms with Gasteiger partial charge in [0.2, 0.25) is 10.0 Å². The van der Waals surface area contributed by atoms with Gasteiger partial charge in [-0.15, -0.1) is 0 Å². The second kappa shape index (κ2) is 7.71. The zero-order valence-corrected chi connectivity index (χ0v) is 14.5. The Kier molecular flexibility index (Phi) is 5.86. The van der Waals surface area contributed by atoms with Gasteiger partial charge in [-0.3, -0.25) is 4.79 Å². The molecule has 0 aliphatic carbocycles. The highest BCUT2D eigenvalue weighted by Gasteiger charge is 2.18. The van der Waals surface area contributed by atoms with E-state index >= 15 is 0 Å². The van der Waals surface area contributed by atoms with Gasteiger partial charge in [0.05, 0.1) is 10.6 Å². The lowest BCUT2D eigenvalue weighted by Gasteiger charge is -2.13. The number of rotatable bonds is 6. The van der Waals surface area contributed by atoms with E-state index in [2.05, 4.69) is 10.0 Å². The molecule has 2 rings (SSSR count). The van der Waals surface area contributed by atoms with E-state index < -0.39 is 27.6 Å². The normalized spacial score (nSPS) is 12.6. The van der Waals surface area contributed by atoms with Crippen LogP contribution >= 0.6 is 0 Å². The molecule has 1 unspecified atom stereocenters. The molecule has 1 amide bonds. The summed E-state index contributed by atoms with van der Waals surface area (Å²) in [5, 5.41) is 2.29. The van der Waals surface area contributed by atoms with Crippen molar-refractivity contribution in [2.45, 2.75) is 31.2 Å². The molecule has 0 saturated carbocycles. The zero-order chi connectivity index (χ0) is 18.6. The van der Waals surface area contributed by atoms with E-state index in [0.717, 1.165) is 12.1 Å². The summed E-state index contributed by atoms with van der Waals surface area (Å²) in [5.74, 6) is -2.39. The average Bonchev–Trinajstić information content (AvgIpc) is 2.57. The molecule has 0 aromatic heterocycles. The molecule has 2 aromatic carbocycles. The summed E-state index contributed by atoms with van der Waals surface area (Å²) in [6, 6.07) is 7.87. The first-order valence-corrected chi connectivity index (χ1v) is 9.10. The lowest BCUT2D eigenvalue weighted by molar-refractivity contribution is 0.102. The molecule has 2 aromatic rings. The highest BCUT2D eigenvalue weighted by Crippen LogP contribution is 2.18. The molecule has 134 valence electrons. The molecular weight excluding hydrogens is 350 g/mol. The number of carbonyl (C=O) groups is 1. The summed E-state index contributed by atoms with van der Waals surface area (Å²) < 4.78 is 53.6. The topological polar surface area (TPSA) is 75.3 Å². The Balaban J connectivity index is 2.24. The monoisotopic (exact) mass is 368 g/mol. The number of anilines is 1.